The van der Waals surface area contributed by atoms with Crippen LogP contribution in [0.5, 0.6) is 0 Å². The van der Waals surface area contributed by atoms with Gasteiger partial charge in [0, 0.05) is 4.88 Å². The van der Waals surface area contributed by atoms with Gasteiger partial charge in [0.1, 0.15) is 0 Å². The summed E-state index contributed by atoms with van der Waals surface area (Å²) in [6.07, 6.45) is 1.44. The Morgan fingerprint density at radius 1 is 1.55 bits per heavy atom. The fourth-order valence-corrected chi connectivity index (χ4v) is 3.53. The third-order valence-corrected chi connectivity index (χ3v) is 4.90. The molecule has 1 unspecified atom stereocenters. The number of hydrogen-bond donors (Lipinski definition) is 2. The Morgan fingerprint density at radius 3 is 2.91 bits per heavy atom. The highest BCUT2D eigenvalue weighted by molar-refractivity contribution is 7.10. The van der Waals surface area contributed by atoms with Crippen LogP contribution in [0.4, 0.5) is 0 Å². The maximum absolute atomic E-state index is 10.9. The van der Waals surface area contributed by atoms with Gasteiger partial charge in [-0.05, 0) is 43.3 Å². The minimum absolute atomic E-state index is 0.0852. The molecule has 0 bridgehead atoms. The highest BCUT2D eigenvalue weighted by atomic mass is 32.1. The second-order valence-corrected chi connectivity index (χ2v) is 6.43. The highest BCUT2D eigenvalue weighted by Crippen LogP contribution is 2.33. The van der Waals surface area contributed by atoms with Crippen LogP contribution < -0.4 is 5.73 Å². The van der Waals surface area contributed by atoms with Gasteiger partial charge in [-0.25, -0.2) is 0 Å². The minimum Gasteiger partial charge on any atom is -0.387 e. The lowest BCUT2D eigenvalue weighted by Crippen LogP contribution is -2.35. The molecule has 0 radical (unpaired) electrons. The number of likely N-dealkylation sites (tertiary alicyclic amines) is 1. The lowest BCUT2D eigenvalue weighted by molar-refractivity contribution is 0.0560. The summed E-state index contributed by atoms with van der Waals surface area (Å²) in [4.78, 5) is 18.1. The zero-order valence-corrected chi connectivity index (χ0v) is 12.8. The van der Waals surface area contributed by atoms with Crippen LogP contribution >= 0.6 is 11.3 Å². The predicted molar refractivity (Wildman–Crippen MR) is 80.1 cm³/mol. The molecule has 1 fully saturated rings. The minimum atomic E-state index is -0.687. The average molecular weight is 322 g/mol. The van der Waals surface area contributed by atoms with Crippen LogP contribution in [0.2, 0.25) is 0 Å². The molecule has 2 aromatic rings. The first-order valence-corrected chi connectivity index (χ1v) is 8.07. The molecular formula is C14H18N4O3S. The number of aliphatic hydroxyl groups excluding tert-OH is 1. The number of carbonyl (C=O) groups is 1. The van der Waals surface area contributed by atoms with Crippen LogP contribution in [0.15, 0.2) is 22.0 Å². The van der Waals surface area contributed by atoms with Crippen LogP contribution in [-0.4, -0.2) is 39.1 Å². The van der Waals surface area contributed by atoms with Crippen molar-refractivity contribution in [2.45, 2.75) is 25.5 Å². The number of primary amides is 1. The summed E-state index contributed by atoms with van der Waals surface area (Å²) in [5.41, 5.74) is 5.09. The molecule has 0 saturated carbocycles. The van der Waals surface area contributed by atoms with Gasteiger partial charge < -0.3 is 15.4 Å². The van der Waals surface area contributed by atoms with E-state index in [4.69, 9.17) is 10.3 Å². The zero-order valence-electron chi connectivity index (χ0n) is 12.0. The Morgan fingerprint density at radius 2 is 2.32 bits per heavy atom. The normalized spacial score (nSPS) is 18.4. The average Bonchev–Trinajstić information content (AvgIpc) is 3.19. The van der Waals surface area contributed by atoms with Crippen molar-refractivity contribution in [1.82, 2.24) is 15.0 Å². The first-order chi connectivity index (χ1) is 10.6. The molecule has 1 atom stereocenters. The highest BCUT2D eigenvalue weighted by Gasteiger charge is 2.27. The van der Waals surface area contributed by atoms with Crippen molar-refractivity contribution < 1.29 is 14.4 Å². The summed E-state index contributed by atoms with van der Waals surface area (Å²) < 4.78 is 5.01. The van der Waals surface area contributed by atoms with Gasteiger partial charge in [-0.3, -0.25) is 9.69 Å². The van der Waals surface area contributed by atoms with Gasteiger partial charge in [-0.15, -0.1) is 11.3 Å². The van der Waals surface area contributed by atoms with Crippen LogP contribution in [0.1, 0.15) is 40.3 Å². The molecule has 22 heavy (non-hydrogen) atoms. The molecule has 0 aliphatic carbocycles. The van der Waals surface area contributed by atoms with Crippen LogP contribution in [-0.2, 0) is 6.54 Å². The second kappa shape index (κ2) is 6.55. The smallest absolute Gasteiger partial charge is 0.290 e. The van der Waals surface area contributed by atoms with E-state index in [-0.39, 0.29) is 17.8 Å². The van der Waals surface area contributed by atoms with Crippen LogP contribution in [0.25, 0.3) is 0 Å². The summed E-state index contributed by atoms with van der Waals surface area (Å²) in [5, 5.41) is 15.9. The van der Waals surface area contributed by atoms with Crippen molar-refractivity contribution in [2.75, 3.05) is 13.1 Å². The Bertz CT molecular complexity index is 620. The monoisotopic (exact) mass is 322 g/mol. The maximum atomic E-state index is 10.9. The molecule has 1 amide bonds. The van der Waals surface area contributed by atoms with Crippen molar-refractivity contribution >= 4 is 17.2 Å². The molecule has 1 aliphatic rings. The van der Waals surface area contributed by atoms with Gasteiger partial charge in [-0.1, -0.05) is 11.2 Å². The molecule has 0 spiro atoms. The van der Waals surface area contributed by atoms with Gasteiger partial charge >= 0.3 is 0 Å². The molecule has 7 nitrogen and oxygen atoms in total. The fourth-order valence-electron chi connectivity index (χ4n) is 2.73. The summed E-state index contributed by atoms with van der Waals surface area (Å²) >= 11 is 1.59. The Hall–Kier alpha value is -1.77. The molecule has 1 aliphatic heterocycles. The number of aliphatic hydroxyl groups is 1. The maximum Gasteiger partial charge on any atom is 0.290 e. The van der Waals surface area contributed by atoms with E-state index in [0.29, 0.717) is 12.4 Å². The van der Waals surface area contributed by atoms with E-state index in [2.05, 4.69) is 15.0 Å². The predicted octanol–water partition coefficient (Wildman–Crippen LogP) is 1.18. The standard InChI is InChI=1S/C14H18N4O3S/c15-13(20)14-16-11(21-17-14)8-18-5-3-9(4-6-18)12(19)10-2-1-7-22-10/h1-2,7,9,12,19H,3-6,8H2,(H2,15,20). The van der Waals surface area contributed by atoms with Gasteiger partial charge in [0.15, 0.2) is 0 Å². The van der Waals surface area contributed by atoms with E-state index < -0.39 is 5.91 Å². The quantitative estimate of drug-likeness (QED) is 0.856. The van der Waals surface area contributed by atoms with Crippen molar-refractivity contribution in [3.05, 3.63) is 34.1 Å². The van der Waals surface area contributed by atoms with E-state index in [1.54, 1.807) is 11.3 Å². The summed E-state index contributed by atoms with van der Waals surface area (Å²) in [7, 11) is 0. The van der Waals surface area contributed by atoms with Gasteiger partial charge in [-0.2, -0.15) is 4.98 Å². The molecule has 8 heteroatoms. The van der Waals surface area contributed by atoms with E-state index in [1.165, 1.54) is 0 Å². The number of carbonyl (C=O) groups excluding carboxylic acids is 1. The Kier molecular flexibility index (Phi) is 4.51. The number of rotatable bonds is 5. The molecule has 118 valence electrons. The third-order valence-electron chi connectivity index (χ3n) is 3.96. The second-order valence-electron chi connectivity index (χ2n) is 5.45. The molecular weight excluding hydrogens is 304 g/mol. The lowest BCUT2D eigenvalue weighted by atomic mass is 9.90. The molecule has 1 saturated heterocycles. The van der Waals surface area contributed by atoms with E-state index >= 15 is 0 Å². The fraction of sp³-hybridized carbons (Fsp3) is 0.500. The van der Waals surface area contributed by atoms with Crippen molar-refractivity contribution in [3.63, 3.8) is 0 Å². The van der Waals surface area contributed by atoms with Gasteiger partial charge in [0.25, 0.3) is 11.7 Å². The van der Waals surface area contributed by atoms with E-state index in [9.17, 15) is 9.90 Å². The first kappa shape index (κ1) is 15.1. The first-order valence-electron chi connectivity index (χ1n) is 7.19. The number of hydrogen-bond acceptors (Lipinski definition) is 7. The number of nitrogens with zero attached hydrogens (tertiary/aromatic N) is 3. The largest absolute Gasteiger partial charge is 0.387 e. The van der Waals surface area contributed by atoms with Crippen molar-refractivity contribution in [1.29, 1.82) is 0 Å². The third kappa shape index (κ3) is 3.34. The number of amides is 1. The lowest BCUT2D eigenvalue weighted by Gasteiger charge is -2.33. The number of nitrogens with two attached hydrogens (primary N) is 1. The molecule has 3 heterocycles. The molecule has 2 aromatic heterocycles. The van der Waals surface area contributed by atoms with Crippen LogP contribution in [0, 0.1) is 5.92 Å². The Labute approximate surface area is 131 Å². The summed E-state index contributed by atoms with van der Waals surface area (Å²) in [5.74, 6) is -0.101. The molecule has 3 N–H and O–H groups in total. The van der Waals surface area contributed by atoms with Gasteiger partial charge in [0.05, 0.1) is 12.6 Å². The molecule has 0 aromatic carbocycles. The number of piperidine rings is 1. The van der Waals surface area contributed by atoms with Crippen molar-refractivity contribution in [3.8, 4) is 0 Å². The number of thiophene rings is 1. The van der Waals surface area contributed by atoms with Crippen LogP contribution in [0.3, 0.4) is 0 Å². The molecule has 3 rings (SSSR count). The Balaban J connectivity index is 1.52. The summed E-state index contributed by atoms with van der Waals surface area (Å²) in [6.45, 7) is 2.20. The van der Waals surface area contributed by atoms with E-state index in [0.717, 1.165) is 30.8 Å². The SMILES string of the molecule is NC(=O)c1noc(CN2CCC(C(O)c3cccs3)CC2)n1. The number of aromatic nitrogens is 2. The van der Waals surface area contributed by atoms with Gasteiger partial charge in [0.2, 0.25) is 5.89 Å². The van der Waals surface area contributed by atoms with E-state index in [1.807, 2.05) is 17.5 Å². The zero-order chi connectivity index (χ0) is 15.5. The van der Waals surface area contributed by atoms with Crippen molar-refractivity contribution in [2.24, 2.45) is 11.7 Å². The topological polar surface area (TPSA) is 105 Å². The summed E-state index contributed by atoms with van der Waals surface area (Å²) in [6, 6.07) is 3.94.